The summed E-state index contributed by atoms with van der Waals surface area (Å²) in [6.07, 6.45) is 5.79. The Hall–Kier alpha value is -0.100. The van der Waals surface area contributed by atoms with Crippen LogP contribution in [-0.4, -0.2) is 60.8 Å². The Morgan fingerprint density at radius 2 is 1.50 bits per heavy atom. The minimum atomic E-state index is -1.17. The van der Waals surface area contributed by atoms with E-state index in [0.29, 0.717) is 16.8 Å². The van der Waals surface area contributed by atoms with Gasteiger partial charge in [-0.3, -0.25) is 4.79 Å². The lowest BCUT2D eigenvalue weighted by molar-refractivity contribution is -0.189. The summed E-state index contributed by atoms with van der Waals surface area (Å²) in [6, 6.07) is 0. The molecule has 2 aliphatic heterocycles. The lowest BCUT2D eigenvalue weighted by Crippen LogP contribution is -2.44. The molecule has 3 atom stereocenters. The Kier molecular flexibility index (Phi) is 6.47. The van der Waals surface area contributed by atoms with Gasteiger partial charge in [-0.05, 0) is 48.3 Å². The Morgan fingerprint density at radius 1 is 1.04 bits per heavy atom. The molecule has 8 heteroatoms. The van der Waals surface area contributed by atoms with Crippen molar-refractivity contribution in [1.29, 1.82) is 0 Å². The van der Waals surface area contributed by atoms with Crippen LogP contribution in [0.25, 0.3) is 0 Å². The second-order valence-electron chi connectivity index (χ2n) is 8.27. The molecular weight excluding hydrogens is 479 g/mol. The molecule has 158 valence electrons. The average Bonchev–Trinajstić information content (AvgIpc) is 3.46. The van der Waals surface area contributed by atoms with E-state index in [1.807, 2.05) is 22.6 Å². The summed E-state index contributed by atoms with van der Waals surface area (Å²) in [5.74, 6) is -1.81. The number of ether oxygens (including phenoxy) is 5. The Balaban J connectivity index is 1.46. The molecule has 0 radical (unpaired) electrons. The summed E-state index contributed by atoms with van der Waals surface area (Å²) >= 11 is 1.88. The van der Waals surface area contributed by atoms with Gasteiger partial charge in [0.2, 0.25) is 0 Å². The van der Waals surface area contributed by atoms with Gasteiger partial charge in [-0.2, -0.15) is 0 Å². The molecule has 2 aliphatic carbocycles. The first-order chi connectivity index (χ1) is 13.4. The highest BCUT2D eigenvalue weighted by Gasteiger charge is 2.53. The number of hydrogen-bond acceptors (Lipinski definition) is 7. The fourth-order valence-electron chi connectivity index (χ4n) is 4.86. The number of aliphatic hydroxyl groups excluding tert-OH is 1. The van der Waals surface area contributed by atoms with Gasteiger partial charge in [-0.15, -0.1) is 0 Å². The van der Waals surface area contributed by atoms with Gasteiger partial charge in [0.1, 0.15) is 6.61 Å². The first-order valence-corrected chi connectivity index (χ1v) is 11.3. The van der Waals surface area contributed by atoms with Crippen LogP contribution in [0.15, 0.2) is 10.2 Å². The third kappa shape index (κ3) is 4.33. The number of carbonyl (C=O) groups is 1. The highest BCUT2D eigenvalue weighted by Crippen LogP contribution is 2.45. The standard InChI is InChI=1S/C20H29IO7/c1-13(21)18(23)24-10-14(22)17(15-11-25-19(27-15)6-2-3-7-19)16-12-26-20(28-16)8-4-5-9-20/h15-18,23H,1-12H2. The third-order valence-electron chi connectivity index (χ3n) is 6.31. The maximum Gasteiger partial charge on any atom is 0.186 e. The number of aliphatic hydroxyl groups is 1. The van der Waals surface area contributed by atoms with Crippen molar-refractivity contribution >= 4 is 28.4 Å². The number of carbonyl (C=O) groups excluding carboxylic acids is 1. The third-order valence-corrected chi connectivity index (χ3v) is 6.84. The Bertz CT molecular complexity index is 563. The molecule has 4 rings (SSSR count). The van der Waals surface area contributed by atoms with E-state index in [1.165, 1.54) is 0 Å². The lowest BCUT2D eigenvalue weighted by Gasteiger charge is -2.29. The summed E-state index contributed by atoms with van der Waals surface area (Å²) in [5, 5.41) is 9.83. The molecule has 3 unspecified atom stereocenters. The highest BCUT2D eigenvalue weighted by molar-refractivity contribution is 14.1. The van der Waals surface area contributed by atoms with Crippen molar-refractivity contribution < 1.29 is 33.6 Å². The van der Waals surface area contributed by atoms with E-state index >= 15 is 0 Å². The van der Waals surface area contributed by atoms with Gasteiger partial charge in [-0.25, -0.2) is 0 Å². The summed E-state index contributed by atoms with van der Waals surface area (Å²) in [4.78, 5) is 13.1. The largest absolute Gasteiger partial charge is 0.364 e. The van der Waals surface area contributed by atoms with E-state index in [2.05, 4.69) is 6.58 Å². The van der Waals surface area contributed by atoms with Crippen LogP contribution in [0, 0.1) is 5.92 Å². The summed E-state index contributed by atoms with van der Waals surface area (Å²) < 4.78 is 30.3. The first-order valence-electron chi connectivity index (χ1n) is 10.2. The number of hydrogen-bond donors (Lipinski definition) is 1. The van der Waals surface area contributed by atoms with Crippen LogP contribution in [0.5, 0.6) is 0 Å². The predicted octanol–water partition coefficient (Wildman–Crippen LogP) is 2.83. The van der Waals surface area contributed by atoms with Crippen molar-refractivity contribution in [2.24, 2.45) is 5.92 Å². The molecule has 4 aliphatic rings. The maximum absolute atomic E-state index is 13.1. The Morgan fingerprint density at radius 3 is 1.93 bits per heavy atom. The monoisotopic (exact) mass is 508 g/mol. The molecule has 0 aromatic rings. The van der Waals surface area contributed by atoms with Crippen molar-refractivity contribution in [3.8, 4) is 0 Å². The number of halogens is 1. The van der Waals surface area contributed by atoms with Gasteiger partial charge >= 0.3 is 0 Å². The first kappa shape index (κ1) is 21.1. The van der Waals surface area contributed by atoms with Crippen molar-refractivity contribution in [1.82, 2.24) is 0 Å². The summed E-state index contributed by atoms with van der Waals surface area (Å²) in [6.45, 7) is 4.14. The highest BCUT2D eigenvalue weighted by atomic mass is 127. The van der Waals surface area contributed by atoms with Crippen molar-refractivity contribution in [3.63, 3.8) is 0 Å². The van der Waals surface area contributed by atoms with Crippen LogP contribution in [0.2, 0.25) is 0 Å². The van der Waals surface area contributed by atoms with Gasteiger partial charge in [0.05, 0.1) is 31.3 Å². The molecule has 0 amide bonds. The summed E-state index contributed by atoms with van der Waals surface area (Å²) in [7, 11) is 0. The second-order valence-corrected chi connectivity index (χ2v) is 9.66. The zero-order chi connectivity index (χ0) is 19.8. The molecule has 28 heavy (non-hydrogen) atoms. The van der Waals surface area contributed by atoms with Crippen LogP contribution >= 0.6 is 22.6 Å². The quantitative estimate of drug-likeness (QED) is 0.419. The molecule has 4 fully saturated rings. The van der Waals surface area contributed by atoms with Crippen molar-refractivity contribution in [3.05, 3.63) is 10.2 Å². The van der Waals surface area contributed by atoms with Gasteiger partial charge in [0, 0.05) is 29.3 Å². The van der Waals surface area contributed by atoms with E-state index in [-0.39, 0.29) is 24.6 Å². The summed E-state index contributed by atoms with van der Waals surface area (Å²) in [5.41, 5.74) is 0. The van der Waals surface area contributed by atoms with Gasteiger partial charge in [0.25, 0.3) is 0 Å². The second kappa shape index (κ2) is 8.56. The van der Waals surface area contributed by atoms with E-state index in [4.69, 9.17) is 23.7 Å². The van der Waals surface area contributed by atoms with E-state index in [0.717, 1.165) is 51.4 Å². The molecule has 2 spiro atoms. The van der Waals surface area contributed by atoms with Crippen LogP contribution in [0.1, 0.15) is 51.4 Å². The topological polar surface area (TPSA) is 83.5 Å². The number of Topliss-reactive ketones (excluding diaryl/α,β-unsaturated/α-hetero) is 1. The van der Waals surface area contributed by atoms with Crippen molar-refractivity contribution in [2.45, 2.75) is 81.4 Å². The molecule has 0 bridgehead atoms. The normalized spacial score (nSPS) is 32.9. The van der Waals surface area contributed by atoms with Crippen molar-refractivity contribution in [2.75, 3.05) is 19.8 Å². The molecule has 0 aromatic heterocycles. The van der Waals surface area contributed by atoms with Gasteiger partial charge in [0.15, 0.2) is 23.6 Å². The van der Waals surface area contributed by atoms with E-state index in [9.17, 15) is 9.90 Å². The number of ketones is 1. The smallest absolute Gasteiger partial charge is 0.186 e. The fourth-order valence-corrected chi connectivity index (χ4v) is 5.04. The number of rotatable bonds is 7. The van der Waals surface area contributed by atoms with Crippen LogP contribution in [0.4, 0.5) is 0 Å². The van der Waals surface area contributed by atoms with E-state index < -0.39 is 23.8 Å². The predicted molar refractivity (Wildman–Crippen MR) is 108 cm³/mol. The van der Waals surface area contributed by atoms with Gasteiger partial charge in [-0.1, -0.05) is 6.58 Å². The zero-order valence-electron chi connectivity index (χ0n) is 16.1. The van der Waals surface area contributed by atoms with Crippen LogP contribution < -0.4 is 0 Å². The minimum absolute atomic E-state index is 0.163. The van der Waals surface area contributed by atoms with Crippen LogP contribution in [0.3, 0.4) is 0 Å². The molecule has 2 saturated heterocycles. The fraction of sp³-hybridized carbons (Fsp3) is 0.850. The molecule has 1 N–H and O–H groups in total. The molecule has 0 aromatic carbocycles. The average molecular weight is 508 g/mol. The van der Waals surface area contributed by atoms with Gasteiger partial charge < -0.3 is 28.8 Å². The minimum Gasteiger partial charge on any atom is -0.364 e. The molecule has 2 saturated carbocycles. The molecule has 2 heterocycles. The SMILES string of the molecule is C=C(I)C(O)OCC(=O)C(C1COC2(CCCC2)O1)C1COC2(CCCC2)O1. The zero-order valence-corrected chi connectivity index (χ0v) is 18.2. The molecular formula is C20H29IO7. The Labute approximate surface area is 179 Å². The maximum atomic E-state index is 13.1. The molecule has 7 nitrogen and oxygen atoms in total. The van der Waals surface area contributed by atoms with Crippen LogP contribution in [-0.2, 0) is 28.5 Å². The lowest BCUT2D eigenvalue weighted by atomic mass is 9.92. The van der Waals surface area contributed by atoms with E-state index in [1.54, 1.807) is 0 Å².